The molecule has 2 N–H and O–H groups in total. The Bertz CT molecular complexity index is 490. The summed E-state index contributed by atoms with van der Waals surface area (Å²) >= 11 is 0. The van der Waals surface area contributed by atoms with Gasteiger partial charge in [-0.2, -0.15) is 0 Å². The number of aliphatic hydroxyl groups is 1. The minimum absolute atomic E-state index is 0.534. The first-order valence-electron chi connectivity index (χ1n) is 6.10. The Labute approximate surface area is 101 Å². The second kappa shape index (κ2) is 5.34. The summed E-state index contributed by atoms with van der Waals surface area (Å²) in [6, 6.07) is 7.93. The highest BCUT2D eigenvalue weighted by Crippen LogP contribution is 2.25. The second-order valence-corrected chi connectivity index (χ2v) is 4.36. The molecule has 0 aliphatic carbocycles. The molecule has 2 rings (SSSR count). The zero-order valence-corrected chi connectivity index (χ0v) is 10.4. The first-order chi connectivity index (χ1) is 8.22. The zero-order valence-electron chi connectivity index (χ0n) is 10.4. The van der Waals surface area contributed by atoms with E-state index in [-0.39, 0.29) is 0 Å². The predicted molar refractivity (Wildman–Crippen MR) is 69.1 cm³/mol. The Kier molecular flexibility index (Phi) is 3.82. The van der Waals surface area contributed by atoms with Gasteiger partial charge in [0.05, 0.1) is 0 Å². The Balaban J connectivity index is 2.16. The average Bonchev–Trinajstić information content (AvgIpc) is 2.75. The molecule has 17 heavy (non-hydrogen) atoms. The van der Waals surface area contributed by atoms with Crippen molar-refractivity contribution < 1.29 is 9.52 Å². The Hall–Kier alpha value is -1.32. The van der Waals surface area contributed by atoms with Crippen LogP contribution in [0.25, 0.3) is 11.0 Å². The lowest BCUT2D eigenvalue weighted by Crippen LogP contribution is -2.21. The summed E-state index contributed by atoms with van der Waals surface area (Å²) in [4.78, 5) is 0. The fourth-order valence-electron chi connectivity index (χ4n) is 1.91. The number of fused-ring (bicyclic) bond motifs is 1. The zero-order chi connectivity index (χ0) is 12.3. The standard InChI is InChI=1S/C14H19NO2/c1-3-7-15-9-12(16)13-8-11-6-4-5-10(2)14(11)17-13/h4-6,8,12,15-16H,3,7,9H2,1-2H3. The van der Waals surface area contributed by atoms with Gasteiger partial charge in [-0.3, -0.25) is 0 Å². The molecule has 1 aromatic carbocycles. The Morgan fingerprint density at radius 1 is 1.41 bits per heavy atom. The maximum absolute atomic E-state index is 9.98. The van der Waals surface area contributed by atoms with E-state index in [4.69, 9.17) is 4.42 Å². The van der Waals surface area contributed by atoms with Crippen molar-refractivity contribution >= 4 is 11.0 Å². The maximum Gasteiger partial charge on any atom is 0.137 e. The lowest BCUT2D eigenvalue weighted by Gasteiger charge is -2.08. The molecular formula is C14H19NO2. The van der Waals surface area contributed by atoms with E-state index in [2.05, 4.69) is 12.2 Å². The fraction of sp³-hybridized carbons (Fsp3) is 0.429. The van der Waals surface area contributed by atoms with Crippen molar-refractivity contribution in [3.05, 3.63) is 35.6 Å². The number of furan rings is 1. The highest BCUT2D eigenvalue weighted by molar-refractivity contribution is 5.80. The monoisotopic (exact) mass is 233 g/mol. The minimum atomic E-state index is -0.576. The van der Waals surface area contributed by atoms with E-state index in [0.717, 1.165) is 29.5 Å². The summed E-state index contributed by atoms with van der Waals surface area (Å²) in [6.45, 7) is 5.56. The molecule has 0 radical (unpaired) electrons. The fourth-order valence-corrected chi connectivity index (χ4v) is 1.91. The molecule has 0 spiro atoms. The third kappa shape index (κ3) is 2.68. The smallest absolute Gasteiger partial charge is 0.137 e. The van der Waals surface area contributed by atoms with Crippen LogP contribution in [-0.4, -0.2) is 18.2 Å². The lowest BCUT2D eigenvalue weighted by atomic mass is 10.1. The van der Waals surface area contributed by atoms with Crippen molar-refractivity contribution in [2.75, 3.05) is 13.1 Å². The summed E-state index contributed by atoms with van der Waals surface area (Å²) in [5, 5.41) is 14.2. The van der Waals surface area contributed by atoms with Crippen molar-refractivity contribution in [3.8, 4) is 0 Å². The lowest BCUT2D eigenvalue weighted by molar-refractivity contribution is 0.150. The first-order valence-corrected chi connectivity index (χ1v) is 6.10. The molecule has 0 bridgehead atoms. The number of aliphatic hydroxyl groups excluding tert-OH is 1. The van der Waals surface area contributed by atoms with E-state index < -0.39 is 6.10 Å². The van der Waals surface area contributed by atoms with Crippen LogP contribution in [0, 0.1) is 6.92 Å². The van der Waals surface area contributed by atoms with E-state index in [1.54, 1.807) is 0 Å². The maximum atomic E-state index is 9.98. The molecular weight excluding hydrogens is 214 g/mol. The van der Waals surface area contributed by atoms with Gasteiger partial charge in [-0.25, -0.2) is 0 Å². The molecule has 1 heterocycles. The van der Waals surface area contributed by atoms with Gasteiger partial charge in [0.2, 0.25) is 0 Å². The van der Waals surface area contributed by atoms with Crippen molar-refractivity contribution in [2.45, 2.75) is 26.4 Å². The van der Waals surface area contributed by atoms with Gasteiger partial charge >= 0.3 is 0 Å². The van der Waals surface area contributed by atoms with Gasteiger partial charge in [0, 0.05) is 11.9 Å². The number of hydrogen-bond donors (Lipinski definition) is 2. The van der Waals surface area contributed by atoms with Gasteiger partial charge in [-0.15, -0.1) is 0 Å². The molecule has 1 aromatic heterocycles. The van der Waals surface area contributed by atoms with Crippen molar-refractivity contribution in [1.82, 2.24) is 5.32 Å². The van der Waals surface area contributed by atoms with Gasteiger partial charge in [0.15, 0.2) is 0 Å². The summed E-state index contributed by atoms with van der Waals surface area (Å²) in [5.74, 6) is 0.637. The average molecular weight is 233 g/mol. The third-order valence-corrected chi connectivity index (χ3v) is 2.85. The molecule has 3 heteroatoms. The van der Waals surface area contributed by atoms with Crippen LogP contribution in [0.3, 0.4) is 0 Å². The van der Waals surface area contributed by atoms with Gasteiger partial charge < -0.3 is 14.8 Å². The minimum Gasteiger partial charge on any atom is -0.458 e. The van der Waals surface area contributed by atoms with Crippen molar-refractivity contribution in [1.29, 1.82) is 0 Å². The van der Waals surface area contributed by atoms with Crippen LogP contribution in [-0.2, 0) is 0 Å². The van der Waals surface area contributed by atoms with Crippen LogP contribution in [0.2, 0.25) is 0 Å². The molecule has 0 saturated carbocycles. The molecule has 0 aliphatic heterocycles. The number of aryl methyl sites for hydroxylation is 1. The van der Waals surface area contributed by atoms with E-state index in [1.165, 1.54) is 0 Å². The summed E-state index contributed by atoms with van der Waals surface area (Å²) in [7, 11) is 0. The van der Waals surface area contributed by atoms with Crippen LogP contribution >= 0.6 is 0 Å². The summed E-state index contributed by atoms with van der Waals surface area (Å²) in [6.07, 6.45) is 0.486. The Morgan fingerprint density at radius 3 is 2.94 bits per heavy atom. The predicted octanol–water partition coefficient (Wildman–Crippen LogP) is 2.77. The Morgan fingerprint density at radius 2 is 2.24 bits per heavy atom. The molecule has 0 amide bonds. The first kappa shape index (κ1) is 12.1. The normalized spacial score (nSPS) is 13.1. The number of nitrogens with one attached hydrogen (secondary N) is 1. The van der Waals surface area contributed by atoms with Gasteiger partial charge in [-0.1, -0.05) is 25.1 Å². The summed E-state index contributed by atoms with van der Waals surface area (Å²) < 4.78 is 5.70. The quantitative estimate of drug-likeness (QED) is 0.780. The van der Waals surface area contributed by atoms with Crippen LogP contribution in [0.15, 0.2) is 28.7 Å². The second-order valence-electron chi connectivity index (χ2n) is 4.36. The van der Waals surface area contributed by atoms with Crippen LogP contribution in [0.5, 0.6) is 0 Å². The molecule has 3 nitrogen and oxygen atoms in total. The highest BCUT2D eigenvalue weighted by Gasteiger charge is 2.13. The molecule has 2 aromatic rings. The molecule has 1 atom stereocenters. The van der Waals surface area contributed by atoms with E-state index >= 15 is 0 Å². The number of rotatable bonds is 5. The largest absolute Gasteiger partial charge is 0.458 e. The highest BCUT2D eigenvalue weighted by atomic mass is 16.4. The van der Waals surface area contributed by atoms with Gasteiger partial charge in [0.1, 0.15) is 17.4 Å². The molecule has 92 valence electrons. The van der Waals surface area contributed by atoms with E-state index in [9.17, 15) is 5.11 Å². The molecule has 0 aliphatic rings. The van der Waals surface area contributed by atoms with Gasteiger partial charge in [0.25, 0.3) is 0 Å². The van der Waals surface area contributed by atoms with Crippen LogP contribution in [0.1, 0.15) is 30.8 Å². The SMILES string of the molecule is CCCNCC(O)c1cc2cccc(C)c2o1. The molecule has 0 saturated heterocycles. The van der Waals surface area contributed by atoms with Gasteiger partial charge in [-0.05, 0) is 31.5 Å². The number of hydrogen-bond acceptors (Lipinski definition) is 3. The van der Waals surface area contributed by atoms with Crippen LogP contribution < -0.4 is 5.32 Å². The van der Waals surface area contributed by atoms with E-state index in [0.29, 0.717) is 12.3 Å². The van der Waals surface area contributed by atoms with Crippen LogP contribution in [0.4, 0.5) is 0 Å². The third-order valence-electron chi connectivity index (χ3n) is 2.85. The van der Waals surface area contributed by atoms with Crippen molar-refractivity contribution in [2.24, 2.45) is 0 Å². The molecule has 1 unspecified atom stereocenters. The van der Waals surface area contributed by atoms with Crippen molar-refractivity contribution in [3.63, 3.8) is 0 Å². The van der Waals surface area contributed by atoms with E-state index in [1.807, 2.05) is 31.2 Å². The number of benzene rings is 1. The molecule has 0 fully saturated rings. The topological polar surface area (TPSA) is 45.4 Å². The summed E-state index contributed by atoms with van der Waals surface area (Å²) in [5.41, 5.74) is 1.97. The number of para-hydroxylation sites is 1.